The van der Waals surface area contributed by atoms with Crippen LogP contribution in [0.3, 0.4) is 0 Å². The number of nitrogens with zero attached hydrogens (tertiary/aromatic N) is 4. The van der Waals surface area contributed by atoms with Crippen molar-refractivity contribution in [3.05, 3.63) is 194 Å². The van der Waals surface area contributed by atoms with E-state index in [2.05, 4.69) is 191 Å². The van der Waals surface area contributed by atoms with Gasteiger partial charge in [0.05, 0.1) is 33.5 Å². The molecule has 252 valence electrons. The number of aromatic nitrogens is 4. The monoisotopic (exact) mass is 688 g/mol. The summed E-state index contributed by atoms with van der Waals surface area (Å²) in [5, 5.41) is 7.45. The van der Waals surface area contributed by atoms with Gasteiger partial charge < -0.3 is 9.13 Å². The highest BCUT2D eigenvalue weighted by atomic mass is 15.0. The molecule has 0 spiro atoms. The van der Waals surface area contributed by atoms with Crippen LogP contribution < -0.4 is 0 Å². The maximum absolute atomic E-state index is 5.20. The fourth-order valence-corrected chi connectivity index (χ4v) is 8.38. The second-order valence-electron chi connectivity index (χ2n) is 13.8. The largest absolute Gasteiger partial charge is 0.307 e. The molecule has 0 radical (unpaired) electrons. The van der Waals surface area contributed by atoms with E-state index in [-0.39, 0.29) is 0 Å². The van der Waals surface area contributed by atoms with Crippen LogP contribution in [0.25, 0.3) is 99.7 Å². The summed E-state index contributed by atoms with van der Waals surface area (Å²) in [6.45, 7) is 0. The minimum atomic E-state index is 0.687. The molecule has 0 atom stereocenters. The second kappa shape index (κ2) is 12.1. The van der Waals surface area contributed by atoms with Crippen LogP contribution in [0.2, 0.25) is 0 Å². The molecule has 0 saturated carbocycles. The van der Waals surface area contributed by atoms with Gasteiger partial charge in [0.1, 0.15) is 0 Å². The number of hydrogen-bond acceptors (Lipinski definition) is 2. The molecule has 0 fully saturated rings. The van der Waals surface area contributed by atoms with Crippen LogP contribution in [0.15, 0.2) is 194 Å². The Hall–Kier alpha value is -7.30. The molecule has 0 amide bonds. The second-order valence-corrected chi connectivity index (χ2v) is 13.8. The highest BCUT2D eigenvalue weighted by Crippen LogP contribution is 2.46. The van der Waals surface area contributed by atoms with Crippen LogP contribution in [0.1, 0.15) is 0 Å². The molecule has 8 aromatic carbocycles. The van der Waals surface area contributed by atoms with E-state index < -0.39 is 0 Å². The Morgan fingerprint density at radius 3 is 1.26 bits per heavy atom. The van der Waals surface area contributed by atoms with Crippen LogP contribution in [0.5, 0.6) is 0 Å². The summed E-state index contributed by atoms with van der Waals surface area (Å²) < 4.78 is 4.91. The Bertz CT molecular complexity index is 3140. The first-order valence-corrected chi connectivity index (χ1v) is 18.3. The van der Waals surface area contributed by atoms with Crippen LogP contribution in [0, 0.1) is 0 Å². The summed E-state index contributed by atoms with van der Waals surface area (Å²) >= 11 is 0. The molecule has 3 aromatic heterocycles. The van der Waals surface area contributed by atoms with Gasteiger partial charge in [0.25, 0.3) is 0 Å². The Morgan fingerprint density at radius 1 is 0.315 bits per heavy atom. The third-order valence-corrected chi connectivity index (χ3v) is 10.7. The molecule has 4 nitrogen and oxygen atoms in total. The summed E-state index contributed by atoms with van der Waals surface area (Å²) in [5.74, 6) is 0.687. The molecule has 3 heterocycles. The topological polar surface area (TPSA) is 35.6 Å². The predicted molar refractivity (Wildman–Crippen MR) is 225 cm³/mol. The highest BCUT2D eigenvalue weighted by Gasteiger charge is 2.24. The van der Waals surface area contributed by atoms with Gasteiger partial charge in [-0.25, -0.2) is 9.97 Å². The lowest BCUT2D eigenvalue weighted by atomic mass is 9.98. The van der Waals surface area contributed by atoms with E-state index in [4.69, 9.17) is 9.97 Å². The maximum Gasteiger partial charge on any atom is 0.160 e. The van der Waals surface area contributed by atoms with Crippen molar-refractivity contribution in [1.82, 2.24) is 19.1 Å². The van der Waals surface area contributed by atoms with E-state index in [1.165, 1.54) is 48.9 Å². The van der Waals surface area contributed by atoms with Gasteiger partial charge in [-0.05, 0) is 53.2 Å². The minimum absolute atomic E-state index is 0.687. The van der Waals surface area contributed by atoms with Crippen molar-refractivity contribution in [2.75, 3.05) is 0 Å². The molecule has 11 aromatic rings. The van der Waals surface area contributed by atoms with E-state index in [0.29, 0.717) is 5.82 Å². The van der Waals surface area contributed by atoms with Crippen molar-refractivity contribution in [2.24, 2.45) is 0 Å². The fraction of sp³-hybridized carbons (Fsp3) is 0. The molecule has 0 aliphatic rings. The lowest BCUT2D eigenvalue weighted by Gasteiger charge is -2.15. The van der Waals surface area contributed by atoms with Crippen LogP contribution in [-0.2, 0) is 0 Å². The third kappa shape index (κ3) is 4.64. The lowest BCUT2D eigenvalue weighted by molar-refractivity contribution is 1.14. The highest BCUT2D eigenvalue weighted by molar-refractivity contribution is 6.36. The number of hydrogen-bond donors (Lipinski definition) is 0. The van der Waals surface area contributed by atoms with E-state index in [9.17, 15) is 0 Å². The van der Waals surface area contributed by atoms with E-state index in [1.807, 2.05) is 12.1 Å². The van der Waals surface area contributed by atoms with Crippen LogP contribution in [-0.4, -0.2) is 19.1 Å². The Morgan fingerprint density at radius 2 is 0.722 bits per heavy atom. The van der Waals surface area contributed by atoms with Crippen molar-refractivity contribution in [1.29, 1.82) is 0 Å². The first kappa shape index (κ1) is 30.3. The molecule has 0 saturated heterocycles. The van der Waals surface area contributed by atoms with Crippen molar-refractivity contribution < 1.29 is 0 Å². The number of para-hydroxylation sites is 3. The Labute approximate surface area is 311 Å². The fourth-order valence-electron chi connectivity index (χ4n) is 8.38. The van der Waals surface area contributed by atoms with Crippen molar-refractivity contribution in [3.63, 3.8) is 0 Å². The predicted octanol–water partition coefficient (Wildman–Crippen LogP) is 12.8. The molecule has 0 N–H and O–H groups in total. The van der Waals surface area contributed by atoms with E-state index in [0.717, 1.165) is 45.0 Å². The zero-order valence-corrected chi connectivity index (χ0v) is 29.3. The summed E-state index contributed by atoms with van der Waals surface area (Å²) in [5.41, 5.74) is 11.7. The smallest absolute Gasteiger partial charge is 0.160 e. The Kier molecular flexibility index (Phi) is 6.82. The van der Waals surface area contributed by atoms with Crippen molar-refractivity contribution >= 4 is 54.4 Å². The third-order valence-electron chi connectivity index (χ3n) is 10.7. The first-order valence-electron chi connectivity index (χ1n) is 18.3. The summed E-state index contributed by atoms with van der Waals surface area (Å²) in [7, 11) is 0. The number of fused-ring (bicyclic) bond motifs is 10. The summed E-state index contributed by atoms with van der Waals surface area (Å²) in [6, 6.07) is 68.8. The van der Waals surface area contributed by atoms with Gasteiger partial charge in [0, 0.05) is 49.6 Å². The van der Waals surface area contributed by atoms with Gasteiger partial charge in [-0.3, -0.25) is 0 Å². The molecular formula is C50H32N4. The van der Waals surface area contributed by atoms with Gasteiger partial charge in [-0.2, -0.15) is 0 Å². The SMILES string of the molecule is c1ccc(-c2cc(-c3ccccc3)nc(-c3cccc(-n4c5ccccc5c5c6ccccc6c6c7ccccc7n(-c7ccccc7)c6c54)c3)n2)cc1. The number of rotatable bonds is 5. The van der Waals surface area contributed by atoms with Gasteiger partial charge in [0.15, 0.2) is 5.82 Å². The van der Waals surface area contributed by atoms with Crippen LogP contribution in [0.4, 0.5) is 0 Å². The maximum atomic E-state index is 5.20. The minimum Gasteiger partial charge on any atom is -0.307 e. The van der Waals surface area contributed by atoms with Crippen molar-refractivity contribution in [3.8, 4) is 45.3 Å². The Balaban J connectivity index is 1.26. The molecule has 0 unspecified atom stereocenters. The van der Waals surface area contributed by atoms with Crippen molar-refractivity contribution in [2.45, 2.75) is 0 Å². The quantitative estimate of drug-likeness (QED) is 0.180. The zero-order valence-electron chi connectivity index (χ0n) is 29.3. The molecule has 54 heavy (non-hydrogen) atoms. The van der Waals surface area contributed by atoms with Gasteiger partial charge in [-0.15, -0.1) is 0 Å². The van der Waals surface area contributed by atoms with E-state index in [1.54, 1.807) is 0 Å². The zero-order chi connectivity index (χ0) is 35.6. The van der Waals surface area contributed by atoms with Gasteiger partial charge in [-0.1, -0.05) is 152 Å². The first-order chi connectivity index (χ1) is 26.8. The molecule has 0 bridgehead atoms. The number of benzene rings is 8. The molecule has 0 aliphatic carbocycles. The average molecular weight is 689 g/mol. The average Bonchev–Trinajstić information content (AvgIpc) is 3.79. The standard InChI is InChI=1S/C50H32N4/c1-4-17-33(18-5-1)42-32-43(34-19-6-2-7-20-34)52-50(51-42)35-21-16-24-37(31-35)54-45-30-15-13-28-41(45)47-39-26-11-10-25-38(39)46-40-27-12-14-29-44(40)53(48(46)49(47)54)36-22-8-3-9-23-36/h1-32H. The molecular weight excluding hydrogens is 657 g/mol. The summed E-state index contributed by atoms with van der Waals surface area (Å²) in [6.07, 6.45) is 0. The summed E-state index contributed by atoms with van der Waals surface area (Å²) in [4.78, 5) is 10.4. The van der Waals surface area contributed by atoms with Crippen LogP contribution >= 0.6 is 0 Å². The molecule has 11 rings (SSSR count). The normalized spacial score (nSPS) is 11.7. The lowest BCUT2D eigenvalue weighted by Crippen LogP contribution is -2.00. The van der Waals surface area contributed by atoms with E-state index >= 15 is 0 Å². The molecule has 4 heteroatoms. The van der Waals surface area contributed by atoms with Gasteiger partial charge in [0.2, 0.25) is 0 Å². The molecule has 0 aliphatic heterocycles. The van der Waals surface area contributed by atoms with Gasteiger partial charge >= 0.3 is 0 Å².